The molecule has 1 aromatic carbocycles. The minimum Gasteiger partial charge on any atom is -0.354 e. The third kappa shape index (κ3) is 5.52. The Morgan fingerprint density at radius 2 is 1.74 bits per heavy atom. The lowest BCUT2D eigenvalue weighted by Gasteiger charge is -2.27. The van der Waals surface area contributed by atoms with Crippen molar-refractivity contribution in [2.45, 2.75) is 42.5 Å². The number of anilines is 4. The van der Waals surface area contributed by atoms with Crippen molar-refractivity contribution >= 4 is 33.1 Å². The van der Waals surface area contributed by atoms with E-state index in [1.54, 1.807) is 13.0 Å². The van der Waals surface area contributed by atoms with E-state index in [4.69, 9.17) is 0 Å². The van der Waals surface area contributed by atoms with Gasteiger partial charge < -0.3 is 20.4 Å². The van der Waals surface area contributed by atoms with Gasteiger partial charge in [-0.15, -0.1) is 0 Å². The molecule has 4 N–H and O–H groups in total. The number of hydrogen-bond donors (Lipinski definition) is 4. The van der Waals surface area contributed by atoms with Gasteiger partial charge in [-0.3, -0.25) is 9.78 Å². The number of halogens is 5. The number of benzene rings is 1. The lowest BCUT2D eigenvalue weighted by atomic mass is 9.99. The fourth-order valence-electron chi connectivity index (χ4n) is 4.61. The van der Waals surface area contributed by atoms with Crippen LogP contribution in [-0.4, -0.2) is 68.1 Å². The summed E-state index contributed by atoms with van der Waals surface area (Å²) in [6.45, 7) is 1.72. The van der Waals surface area contributed by atoms with Gasteiger partial charge in [-0.1, -0.05) is 0 Å². The van der Waals surface area contributed by atoms with Gasteiger partial charge >= 0.3 is 12.0 Å². The van der Waals surface area contributed by atoms with Crippen LogP contribution in [0.5, 0.6) is 0 Å². The van der Waals surface area contributed by atoms with Gasteiger partial charge in [0, 0.05) is 43.2 Å². The van der Waals surface area contributed by atoms with Crippen molar-refractivity contribution in [1.82, 2.24) is 29.9 Å². The van der Waals surface area contributed by atoms with Gasteiger partial charge in [-0.25, -0.2) is 22.2 Å². The standard InChI is InChI=1S/C25H25F5N8O4S/c1-11-7-17(36-35-11)32-22-18(12-5-6-12)19(14-10-31-38(3)21(14)24(39,40)25(28,29)30)33-23(34-22)37(2)20-15(26)8-13(9-16(20)27)43(4,41)42/h7-10,12,39-40H,5-6H2,1-4H3,(H2,32,33,34,35,36). The van der Waals surface area contributed by atoms with Crippen LogP contribution < -0.4 is 10.2 Å². The molecule has 18 heteroatoms. The van der Waals surface area contributed by atoms with Gasteiger partial charge in [0.15, 0.2) is 27.3 Å². The van der Waals surface area contributed by atoms with Crippen LogP contribution in [0.25, 0.3) is 11.3 Å². The minimum absolute atomic E-state index is 0.0257. The summed E-state index contributed by atoms with van der Waals surface area (Å²) in [6.07, 6.45) is -2.61. The first-order valence-corrected chi connectivity index (χ1v) is 14.5. The first-order valence-electron chi connectivity index (χ1n) is 12.6. The predicted octanol–water partition coefficient (Wildman–Crippen LogP) is 3.68. The molecule has 0 amide bonds. The highest BCUT2D eigenvalue weighted by Crippen LogP contribution is 2.50. The maximum atomic E-state index is 15.2. The normalized spacial score (nSPS) is 14.3. The average molecular weight is 629 g/mol. The highest BCUT2D eigenvalue weighted by molar-refractivity contribution is 7.90. The molecular weight excluding hydrogens is 603 g/mol. The molecule has 12 nitrogen and oxygen atoms in total. The van der Waals surface area contributed by atoms with E-state index in [0.29, 0.717) is 40.9 Å². The van der Waals surface area contributed by atoms with Gasteiger partial charge in [0.05, 0.1) is 16.8 Å². The summed E-state index contributed by atoms with van der Waals surface area (Å²) in [6, 6.07) is 2.84. The van der Waals surface area contributed by atoms with Crippen LogP contribution in [-0.2, 0) is 22.7 Å². The Kier molecular flexibility index (Phi) is 7.21. The van der Waals surface area contributed by atoms with Crippen molar-refractivity contribution in [3.63, 3.8) is 0 Å². The Bertz CT molecular complexity index is 1810. The molecule has 4 aromatic rings. The van der Waals surface area contributed by atoms with E-state index in [1.165, 1.54) is 7.05 Å². The molecule has 3 aromatic heterocycles. The molecule has 0 aliphatic heterocycles. The van der Waals surface area contributed by atoms with Crippen LogP contribution in [0.4, 0.5) is 45.2 Å². The quantitative estimate of drug-likeness (QED) is 0.167. The topological polar surface area (TPSA) is 162 Å². The second-order valence-corrected chi connectivity index (χ2v) is 12.3. The van der Waals surface area contributed by atoms with Crippen LogP contribution in [0.3, 0.4) is 0 Å². The zero-order chi connectivity index (χ0) is 31.6. The van der Waals surface area contributed by atoms with E-state index >= 15 is 8.78 Å². The second kappa shape index (κ2) is 10.2. The largest absolute Gasteiger partial charge is 0.449 e. The van der Waals surface area contributed by atoms with Crippen LogP contribution in [0.15, 0.2) is 29.3 Å². The van der Waals surface area contributed by atoms with Gasteiger partial charge in [0.2, 0.25) is 5.95 Å². The summed E-state index contributed by atoms with van der Waals surface area (Å²) in [4.78, 5) is 9.02. The number of H-pyrrole nitrogens is 1. The molecule has 5 rings (SSSR count). The molecule has 1 aliphatic carbocycles. The van der Waals surface area contributed by atoms with Crippen molar-refractivity contribution in [1.29, 1.82) is 0 Å². The third-order valence-electron chi connectivity index (χ3n) is 6.85. The monoisotopic (exact) mass is 628 g/mol. The highest BCUT2D eigenvalue weighted by atomic mass is 32.2. The Morgan fingerprint density at radius 3 is 2.26 bits per heavy atom. The fourth-order valence-corrected chi connectivity index (χ4v) is 5.24. The molecule has 230 valence electrons. The molecule has 0 atom stereocenters. The van der Waals surface area contributed by atoms with Gasteiger partial charge in [0.1, 0.15) is 17.2 Å². The number of aliphatic hydroxyl groups is 2. The van der Waals surface area contributed by atoms with E-state index in [1.807, 2.05) is 0 Å². The maximum Gasteiger partial charge on any atom is 0.449 e. The Morgan fingerprint density at radius 1 is 1.12 bits per heavy atom. The number of alkyl halides is 3. The smallest absolute Gasteiger partial charge is 0.354 e. The van der Waals surface area contributed by atoms with E-state index in [0.717, 1.165) is 24.4 Å². The molecule has 3 heterocycles. The van der Waals surface area contributed by atoms with Crippen LogP contribution in [0.2, 0.25) is 0 Å². The van der Waals surface area contributed by atoms with Crippen LogP contribution >= 0.6 is 0 Å². The van der Waals surface area contributed by atoms with Crippen LogP contribution in [0, 0.1) is 18.6 Å². The zero-order valence-corrected chi connectivity index (χ0v) is 23.8. The summed E-state index contributed by atoms with van der Waals surface area (Å²) in [5.74, 6) is -7.32. The number of rotatable bonds is 8. The number of aromatic amines is 1. The number of hydrogen-bond acceptors (Lipinski definition) is 10. The van der Waals surface area contributed by atoms with Crippen molar-refractivity contribution in [2.24, 2.45) is 7.05 Å². The first kappa shape index (κ1) is 30.3. The van der Waals surface area contributed by atoms with E-state index in [2.05, 4.69) is 30.6 Å². The molecule has 0 saturated heterocycles. The Balaban J connectivity index is 1.77. The number of aromatic nitrogens is 6. The highest BCUT2D eigenvalue weighted by Gasteiger charge is 2.57. The average Bonchev–Trinajstić information content (AvgIpc) is 3.52. The minimum atomic E-state index is -5.54. The molecule has 1 saturated carbocycles. The lowest BCUT2D eigenvalue weighted by Crippen LogP contribution is -2.44. The second-order valence-electron chi connectivity index (χ2n) is 10.2. The van der Waals surface area contributed by atoms with Crippen LogP contribution in [0.1, 0.15) is 35.7 Å². The summed E-state index contributed by atoms with van der Waals surface area (Å²) in [7, 11) is -1.72. The molecule has 1 fully saturated rings. The Labute approximate surface area is 241 Å². The first-order chi connectivity index (χ1) is 19.9. The van der Waals surface area contributed by atoms with Gasteiger partial charge in [0.25, 0.3) is 0 Å². The third-order valence-corrected chi connectivity index (χ3v) is 7.94. The summed E-state index contributed by atoms with van der Waals surface area (Å²) < 4.78 is 96.2. The number of sulfone groups is 1. The summed E-state index contributed by atoms with van der Waals surface area (Å²) in [5.41, 5.74) is -1.48. The SMILES string of the molecule is Cc1cc(Nc2nc(N(C)c3c(F)cc(S(C)(=O)=O)cc3F)nc(-c3cnn(C)c3C(O)(O)C(F)(F)F)c2C2CC2)n[nH]1. The zero-order valence-electron chi connectivity index (χ0n) is 23.0. The molecule has 0 bridgehead atoms. The molecule has 0 radical (unpaired) electrons. The number of nitrogens with one attached hydrogen (secondary N) is 2. The molecule has 0 unspecified atom stereocenters. The number of nitrogens with zero attached hydrogens (tertiary/aromatic N) is 6. The summed E-state index contributed by atoms with van der Waals surface area (Å²) in [5, 5.41) is 34.1. The molecule has 0 spiro atoms. The molecule has 1 aliphatic rings. The van der Waals surface area contributed by atoms with Gasteiger partial charge in [-0.2, -0.15) is 28.4 Å². The van der Waals surface area contributed by atoms with E-state index in [9.17, 15) is 31.8 Å². The predicted molar refractivity (Wildman–Crippen MR) is 143 cm³/mol. The maximum absolute atomic E-state index is 15.2. The van der Waals surface area contributed by atoms with Crippen molar-refractivity contribution in [3.8, 4) is 11.3 Å². The van der Waals surface area contributed by atoms with Gasteiger partial charge in [-0.05, 0) is 37.8 Å². The van der Waals surface area contributed by atoms with Crippen molar-refractivity contribution in [3.05, 3.63) is 53.0 Å². The summed E-state index contributed by atoms with van der Waals surface area (Å²) >= 11 is 0. The lowest BCUT2D eigenvalue weighted by molar-refractivity contribution is -0.360. The fraction of sp³-hybridized carbons (Fsp3) is 0.360. The van der Waals surface area contributed by atoms with Crippen molar-refractivity contribution in [2.75, 3.05) is 23.5 Å². The van der Waals surface area contributed by atoms with Crippen molar-refractivity contribution < 1.29 is 40.6 Å². The van der Waals surface area contributed by atoms with E-state index < -0.39 is 61.2 Å². The number of aryl methyl sites for hydroxylation is 2. The molecular formula is C25H25F5N8O4S. The van der Waals surface area contributed by atoms with E-state index in [-0.39, 0.29) is 23.2 Å². The molecule has 43 heavy (non-hydrogen) atoms. The Hall–Kier alpha value is -4.16.